The van der Waals surface area contributed by atoms with Crippen molar-refractivity contribution < 1.29 is 4.39 Å². The average molecular weight is 337 g/mol. The van der Waals surface area contributed by atoms with Gasteiger partial charge in [0.05, 0.1) is 24.1 Å². The first-order chi connectivity index (χ1) is 12.3. The summed E-state index contributed by atoms with van der Waals surface area (Å²) < 4.78 is 16.2. The van der Waals surface area contributed by atoms with Gasteiger partial charge in [-0.05, 0) is 31.0 Å². The largest absolute Gasteiger partial charge is 0.368 e. The fraction of sp³-hybridized carbons (Fsp3) is 0.316. The quantitative estimate of drug-likeness (QED) is 0.733. The number of imidazole rings is 1. The Morgan fingerprint density at radius 1 is 1.12 bits per heavy atom. The molecule has 0 aliphatic carbocycles. The Bertz CT molecular complexity index is 833. The Morgan fingerprint density at radius 2 is 2.08 bits per heavy atom. The van der Waals surface area contributed by atoms with Crippen molar-refractivity contribution in [3.05, 3.63) is 72.6 Å². The Hall–Kier alpha value is -2.76. The number of aromatic nitrogens is 4. The highest BCUT2D eigenvalue weighted by atomic mass is 19.1. The zero-order chi connectivity index (χ0) is 17.1. The number of pyridine rings is 2. The molecule has 128 valence electrons. The molecule has 0 bridgehead atoms. The van der Waals surface area contributed by atoms with Crippen molar-refractivity contribution in [2.75, 3.05) is 18.0 Å². The molecule has 1 fully saturated rings. The standard InChI is InChI=1S/C19H20FN5/c20-17-12-21-8-6-18(17)24-10-3-4-15(13-24)19-23-9-11-25(19)14-16-5-1-2-7-22-16/h1-2,5-9,11-12,15H,3-4,10,13-14H2. The molecular weight excluding hydrogens is 317 g/mol. The second-order valence-corrected chi connectivity index (χ2v) is 6.35. The SMILES string of the molecule is Fc1cnccc1N1CCCC(c2nccn2Cc2ccccn2)C1. The van der Waals surface area contributed by atoms with Crippen molar-refractivity contribution in [3.63, 3.8) is 0 Å². The third-order valence-corrected chi connectivity index (χ3v) is 4.68. The fourth-order valence-electron chi connectivity index (χ4n) is 3.51. The topological polar surface area (TPSA) is 46.8 Å². The molecule has 3 aromatic heterocycles. The fourth-order valence-corrected chi connectivity index (χ4v) is 3.51. The number of hydrogen-bond donors (Lipinski definition) is 0. The minimum Gasteiger partial charge on any atom is -0.368 e. The van der Waals surface area contributed by atoms with Crippen LogP contribution in [0.3, 0.4) is 0 Å². The average Bonchev–Trinajstić information content (AvgIpc) is 3.11. The summed E-state index contributed by atoms with van der Waals surface area (Å²) >= 11 is 0. The van der Waals surface area contributed by atoms with Crippen molar-refractivity contribution >= 4 is 5.69 Å². The molecule has 4 heterocycles. The van der Waals surface area contributed by atoms with Crippen LogP contribution in [-0.4, -0.2) is 32.6 Å². The Morgan fingerprint density at radius 3 is 2.92 bits per heavy atom. The molecule has 4 rings (SSSR count). The van der Waals surface area contributed by atoms with Crippen LogP contribution in [0.2, 0.25) is 0 Å². The van der Waals surface area contributed by atoms with Crippen molar-refractivity contribution in [1.82, 2.24) is 19.5 Å². The van der Waals surface area contributed by atoms with Gasteiger partial charge in [-0.2, -0.15) is 0 Å². The minimum atomic E-state index is -0.264. The zero-order valence-corrected chi connectivity index (χ0v) is 13.9. The van der Waals surface area contributed by atoms with Gasteiger partial charge in [0.1, 0.15) is 5.82 Å². The highest BCUT2D eigenvalue weighted by molar-refractivity contribution is 5.47. The molecule has 1 unspecified atom stereocenters. The van der Waals surface area contributed by atoms with Crippen molar-refractivity contribution in [1.29, 1.82) is 0 Å². The minimum absolute atomic E-state index is 0.264. The maximum Gasteiger partial charge on any atom is 0.164 e. The predicted octanol–water partition coefficient (Wildman–Crippen LogP) is 3.24. The first kappa shape index (κ1) is 15.7. The van der Waals surface area contributed by atoms with Crippen molar-refractivity contribution in [2.24, 2.45) is 0 Å². The molecule has 0 aromatic carbocycles. The van der Waals surface area contributed by atoms with Crippen LogP contribution in [0, 0.1) is 5.82 Å². The van der Waals surface area contributed by atoms with Crippen LogP contribution in [-0.2, 0) is 6.54 Å². The summed E-state index contributed by atoms with van der Waals surface area (Å²) in [6, 6.07) is 7.68. The van der Waals surface area contributed by atoms with Crippen LogP contribution in [0.5, 0.6) is 0 Å². The lowest BCUT2D eigenvalue weighted by molar-refractivity contribution is 0.470. The summed E-state index contributed by atoms with van der Waals surface area (Å²) in [5.41, 5.74) is 1.64. The van der Waals surface area contributed by atoms with Crippen LogP contribution in [0.1, 0.15) is 30.3 Å². The molecule has 0 amide bonds. The number of piperidine rings is 1. The van der Waals surface area contributed by atoms with E-state index in [4.69, 9.17) is 0 Å². The van der Waals surface area contributed by atoms with Crippen LogP contribution in [0.15, 0.2) is 55.2 Å². The maximum atomic E-state index is 14.1. The van der Waals surface area contributed by atoms with E-state index in [0.717, 1.165) is 37.4 Å². The summed E-state index contributed by atoms with van der Waals surface area (Å²) in [7, 11) is 0. The van der Waals surface area contributed by atoms with Crippen LogP contribution < -0.4 is 4.90 Å². The Balaban J connectivity index is 1.54. The van der Waals surface area contributed by atoms with Gasteiger partial charge in [-0.25, -0.2) is 9.37 Å². The lowest BCUT2D eigenvalue weighted by Crippen LogP contribution is -2.36. The van der Waals surface area contributed by atoms with E-state index in [1.165, 1.54) is 6.20 Å². The van der Waals surface area contributed by atoms with E-state index >= 15 is 0 Å². The van der Waals surface area contributed by atoms with Gasteiger partial charge in [0, 0.05) is 43.8 Å². The first-order valence-corrected chi connectivity index (χ1v) is 8.56. The van der Waals surface area contributed by atoms with Gasteiger partial charge < -0.3 is 9.47 Å². The molecule has 1 saturated heterocycles. The van der Waals surface area contributed by atoms with E-state index in [-0.39, 0.29) is 11.7 Å². The molecule has 1 aliphatic rings. The molecule has 0 N–H and O–H groups in total. The van der Waals surface area contributed by atoms with E-state index in [9.17, 15) is 4.39 Å². The summed E-state index contributed by atoms with van der Waals surface area (Å²) in [6.45, 7) is 2.33. The molecule has 1 atom stereocenters. The number of nitrogens with zero attached hydrogens (tertiary/aromatic N) is 5. The molecule has 0 radical (unpaired) electrons. The van der Waals surface area contributed by atoms with Gasteiger partial charge in [0.15, 0.2) is 5.82 Å². The van der Waals surface area contributed by atoms with Crippen LogP contribution >= 0.6 is 0 Å². The van der Waals surface area contributed by atoms with Crippen LogP contribution in [0.4, 0.5) is 10.1 Å². The van der Waals surface area contributed by atoms with Gasteiger partial charge in [-0.1, -0.05) is 6.07 Å². The van der Waals surface area contributed by atoms with E-state index < -0.39 is 0 Å². The zero-order valence-electron chi connectivity index (χ0n) is 13.9. The first-order valence-electron chi connectivity index (χ1n) is 8.56. The third kappa shape index (κ3) is 3.38. The lowest BCUT2D eigenvalue weighted by atomic mass is 9.96. The van der Waals surface area contributed by atoms with Gasteiger partial charge >= 0.3 is 0 Å². The molecule has 6 heteroatoms. The van der Waals surface area contributed by atoms with Gasteiger partial charge in [-0.3, -0.25) is 9.97 Å². The summed E-state index contributed by atoms with van der Waals surface area (Å²) in [6.07, 6.45) is 10.6. The van der Waals surface area contributed by atoms with Crippen molar-refractivity contribution in [2.45, 2.75) is 25.3 Å². The third-order valence-electron chi connectivity index (χ3n) is 4.68. The molecule has 5 nitrogen and oxygen atoms in total. The maximum absolute atomic E-state index is 14.1. The predicted molar refractivity (Wildman–Crippen MR) is 93.9 cm³/mol. The molecule has 0 saturated carbocycles. The number of rotatable bonds is 4. The van der Waals surface area contributed by atoms with E-state index in [0.29, 0.717) is 12.2 Å². The highest BCUT2D eigenvalue weighted by Gasteiger charge is 2.26. The summed E-state index contributed by atoms with van der Waals surface area (Å²) in [5, 5.41) is 0. The van der Waals surface area contributed by atoms with E-state index in [2.05, 4.69) is 24.4 Å². The number of anilines is 1. The number of halogens is 1. The Kier molecular flexibility index (Phi) is 4.41. The van der Waals surface area contributed by atoms with Gasteiger partial charge in [0.2, 0.25) is 0 Å². The van der Waals surface area contributed by atoms with Gasteiger partial charge in [-0.15, -0.1) is 0 Å². The molecule has 1 aliphatic heterocycles. The van der Waals surface area contributed by atoms with Crippen LogP contribution in [0.25, 0.3) is 0 Å². The second kappa shape index (κ2) is 7.01. The monoisotopic (exact) mass is 337 g/mol. The molecule has 0 spiro atoms. The molecular formula is C19H20FN5. The smallest absolute Gasteiger partial charge is 0.164 e. The Labute approximate surface area is 146 Å². The van der Waals surface area contributed by atoms with E-state index in [1.807, 2.05) is 30.6 Å². The number of hydrogen-bond acceptors (Lipinski definition) is 4. The van der Waals surface area contributed by atoms with Crippen molar-refractivity contribution in [3.8, 4) is 0 Å². The highest BCUT2D eigenvalue weighted by Crippen LogP contribution is 2.30. The van der Waals surface area contributed by atoms with Gasteiger partial charge in [0.25, 0.3) is 0 Å². The van der Waals surface area contributed by atoms with E-state index in [1.54, 1.807) is 18.5 Å². The normalized spacial score (nSPS) is 17.6. The molecule has 25 heavy (non-hydrogen) atoms. The molecule has 3 aromatic rings. The second-order valence-electron chi connectivity index (χ2n) is 6.35. The summed E-state index contributed by atoms with van der Waals surface area (Å²) in [4.78, 5) is 14.9. The summed E-state index contributed by atoms with van der Waals surface area (Å²) in [5.74, 6) is 1.06. The lowest BCUT2D eigenvalue weighted by Gasteiger charge is -2.34.